The van der Waals surface area contributed by atoms with E-state index in [1.54, 1.807) is 6.07 Å². The van der Waals surface area contributed by atoms with Crippen LogP contribution in [0.5, 0.6) is 0 Å². The van der Waals surface area contributed by atoms with E-state index in [1.807, 2.05) is 33.9 Å². The van der Waals surface area contributed by atoms with E-state index in [0.717, 1.165) is 17.8 Å². The molecule has 18 heavy (non-hydrogen) atoms. The minimum Gasteiger partial charge on any atom is -0.319 e. The van der Waals surface area contributed by atoms with Crippen LogP contribution in [0.4, 0.5) is 0 Å². The second-order valence-corrected chi connectivity index (χ2v) is 7.84. The molecule has 1 atom stereocenters. The summed E-state index contributed by atoms with van der Waals surface area (Å²) in [4.78, 5) is 1.09. The summed E-state index contributed by atoms with van der Waals surface area (Å²) in [6.45, 7) is 6.74. The fourth-order valence-corrected chi connectivity index (χ4v) is 4.09. The first kappa shape index (κ1) is 15.6. The molecule has 0 amide bonds. The minimum atomic E-state index is -3.36. The summed E-state index contributed by atoms with van der Waals surface area (Å²) >= 11 is 1.34. The first-order valence-electron chi connectivity index (χ1n) is 6.12. The Morgan fingerprint density at radius 3 is 2.50 bits per heavy atom. The highest BCUT2D eigenvalue weighted by Crippen LogP contribution is 2.22. The first-order chi connectivity index (χ1) is 8.36. The fraction of sp³-hybridized carbons (Fsp3) is 0.667. The Hall–Kier alpha value is -0.430. The summed E-state index contributed by atoms with van der Waals surface area (Å²) < 4.78 is 27.3. The Labute approximate surface area is 114 Å². The molecule has 0 spiro atoms. The van der Waals surface area contributed by atoms with Gasteiger partial charge in [-0.2, -0.15) is 0 Å². The third-order valence-electron chi connectivity index (χ3n) is 2.86. The summed E-state index contributed by atoms with van der Waals surface area (Å²) in [6, 6.07) is 3.51. The predicted molar refractivity (Wildman–Crippen MR) is 76.6 cm³/mol. The van der Waals surface area contributed by atoms with Gasteiger partial charge in [0.1, 0.15) is 4.21 Å². The lowest BCUT2D eigenvalue weighted by molar-refractivity contribution is 0.477. The average molecular weight is 290 g/mol. The summed E-state index contributed by atoms with van der Waals surface area (Å²) in [5.41, 5.74) is 0. The molecule has 1 heterocycles. The van der Waals surface area contributed by atoms with Crippen molar-refractivity contribution in [1.82, 2.24) is 10.0 Å². The molecule has 1 aromatic heterocycles. The summed E-state index contributed by atoms with van der Waals surface area (Å²) in [6.07, 6.45) is 0.858. The van der Waals surface area contributed by atoms with Crippen molar-refractivity contribution < 1.29 is 8.42 Å². The molecule has 104 valence electrons. The van der Waals surface area contributed by atoms with Crippen LogP contribution in [-0.4, -0.2) is 28.1 Å². The van der Waals surface area contributed by atoms with Crippen molar-refractivity contribution in [2.24, 2.45) is 5.92 Å². The molecule has 0 aliphatic carbocycles. The quantitative estimate of drug-likeness (QED) is 0.805. The Morgan fingerprint density at radius 2 is 1.94 bits per heavy atom. The Bertz CT molecular complexity index is 466. The van der Waals surface area contributed by atoms with Gasteiger partial charge in [-0.15, -0.1) is 11.3 Å². The lowest BCUT2D eigenvalue weighted by atomic mass is 10.1. The molecule has 1 unspecified atom stereocenters. The zero-order chi connectivity index (χ0) is 13.8. The Kier molecular flexibility index (Phi) is 5.78. The number of thiophene rings is 1. The van der Waals surface area contributed by atoms with Crippen LogP contribution in [0.1, 0.15) is 25.6 Å². The second-order valence-electron chi connectivity index (χ2n) is 4.73. The second kappa shape index (κ2) is 6.65. The molecule has 4 nitrogen and oxygen atoms in total. The van der Waals surface area contributed by atoms with Crippen LogP contribution in [0.3, 0.4) is 0 Å². The molecule has 0 fully saturated rings. The highest BCUT2D eigenvalue weighted by Gasteiger charge is 2.20. The molecule has 0 saturated heterocycles. The monoisotopic (exact) mass is 290 g/mol. The number of rotatable bonds is 7. The zero-order valence-electron chi connectivity index (χ0n) is 11.4. The summed E-state index contributed by atoms with van der Waals surface area (Å²) in [5.74, 6) is 0.281. The molecule has 6 heteroatoms. The molecule has 1 aromatic rings. The van der Waals surface area contributed by atoms with Gasteiger partial charge >= 0.3 is 0 Å². The van der Waals surface area contributed by atoms with E-state index >= 15 is 0 Å². The molecular weight excluding hydrogens is 268 g/mol. The SMILES string of the molecule is CNCCc1ccc(S(=O)(=O)NC(C)C(C)C)s1. The van der Waals surface area contributed by atoms with E-state index in [9.17, 15) is 8.42 Å². The van der Waals surface area contributed by atoms with Crippen LogP contribution in [0, 0.1) is 5.92 Å². The van der Waals surface area contributed by atoms with Crippen LogP contribution in [0.25, 0.3) is 0 Å². The maximum Gasteiger partial charge on any atom is 0.250 e. The van der Waals surface area contributed by atoms with E-state index in [1.165, 1.54) is 11.3 Å². The number of sulfonamides is 1. The third-order valence-corrected chi connectivity index (χ3v) is 6.06. The van der Waals surface area contributed by atoms with Gasteiger partial charge in [0.15, 0.2) is 0 Å². The smallest absolute Gasteiger partial charge is 0.250 e. The van der Waals surface area contributed by atoms with Gasteiger partial charge in [0, 0.05) is 10.9 Å². The zero-order valence-corrected chi connectivity index (χ0v) is 13.0. The van der Waals surface area contributed by atoms with Crippen molar-refractivity contribution in [3.63, 3.8) is 0 Å². The topological polar surface area (TPSA) is 58.2 Å². The Morgan fingerprint density at radius 1 is 1.28 bits per heavy atom. The third kappa shape index (κ3) is 4.35. The van der Waals surface area contributed by atoms with Crippen molar-refractivity contribution in [3.8, 4) is 0 Å². The van der Waals surface area contributed by atoms with Crippen LogP contribution < -0.4 is 10.0 Å². The number of hydrogen-bond donors (Lipinski definition) is 2. The van der Waals surface area contributed by atoms with Gasteiger partial charge in [-0.25, -0.2) is 13.1 Å². The van der Waals surface area contributed by atoms with Crippen molar-refractivity contribution >= 4 is 21.4 Å². The lowest BCUT2D eigenvalue weighted by Crippen LogP contribution is -2.35. The number of hydrogen-bond acceptors (Lipinski definition) is 4. The van der Waals surface area contributed by atoms with Gasteiger partial charge in [0.2, 0.25) is 10.0 Å². The highest BCUT2D eigenvalue weighted by molar-refractivity contribution is 7.91. The molecule has 0 saturated carbocycles. The summed E-state index contributed by atoms with van der Waals surface area (Å²) in [7, 11) is -1.47. The van der Waals surface area contributed by atoms with Crippen molar-refractivity contribution in [2.75, 3.05) is 13.6 Å². The molecule has 2 N–H and O–H groups in total. The van der Waals surface area contributed by atoms with E-state index in [2.05, 4.69) is 10.0 Å². The highest BCUT2D eigenvalue weighted by atomic mass is 32.2. The predicted octanol–water partition coefficient (Wildman–Crippen LogP) is 1.83. The molecule has 0 aliphatic rings. The van der Waals surface area contributed by atoms with Gasteiger partial charge in [0.05, 0.1) is 0 Å². The number of nitrogens with one attached hydrogen (secondary N) is 2. The van der Waals surface area contributed by atoms with Crippen molar-refractivity contribution in [1.29, 1.82) is 0 Å². The van der Waals surface area contributed by atoms with Crippen LogP contribution in [0.2, 0.25) is 0 Å². The standard InChI is InChI=1S/C12H22N2O2S2/c1-9(2)10(3)14-18(15,16)12-6-5-11(17-12)7-8-13-4/h5-6,9-10,13-14H,7-8H2,1-4H3. The first-order valence-corrected chi connectivity index (χ1v) is 8.42. The molecule has 0 aromatic carbocycles. The lowest BCUT2D eigenvalue weighted by Gasteiger charge is -2.16. The largest absolute Gasteiger partial charge is 0.319 e. The maximum atomic E-state index is 12.1. The van der Waals surface area contributed by atoms with Gasteiger partial charge in [0.25, 0.3) is 0 Å². The van der Waals surface area contributed by atoms with E-state index in [4.69, 9.17) is 0 Å². The van der Waals surface area contributed by atoms with Crippen molar-refractivity contribution in [2.45, 2.75) is 37.4 Å². The van der Waals surface area contributed by atoms with Gasteiger partial charge in [-0.1, -0.05) is 13.8 Å². The normalized spacial score (nSPS) is 14.1. The number of likely N-dealkylation sites (N-methyl/N-ethyl adjacent to an activating group) is 1. The van der Waals surface area contributed by atoms with Crippen LogP contribution in [0.15, 0.2) is 16.3 Å². The summed E-state index contributed by atoms with van der Waals surface area (Å²) in [5, 5.41) is 3.05. The van der Waals surface area contributed by atoms with E-state index < -0.39 is 10.0 Å². The molecule has 0 radical (unpaired) electrons. The van der Waals surface area contributed by atoms with Gasteiger partial charge < -0.3 is 5.32 Å². The minimum absolute atomic E-state index is 0.0575. The molecular formula is C12H22N2O2S2. The van der Waals surface area contributed by atoms with E-state index in [-0.39, 0.29) is 12.0 Å². The maximum absolute atomic E-state index is 12.1. The molecule has 0 bridgehead atoms. The average Bonchev–Trinajstić information content (AvgIpc) is 2.74. The van der Waals surface area contributed by atoms with Crippen LogP contribution >= 0.6 is 11.3 Å². The van der Waals surface area contributed by atoms with E-state index in [0.29, 0.717) is 4.21 Å². The van der Waals surface area contributed by atoms with Gasteiger partial charge in [-0.3, -0.25) is 0 Å². The van der Waals surface area contributed by atoms with Gasteiger partial charge in [-0.05, 0) is 45.0 Å². The van der Waals surface area contributed by atoms with Crippen LogP contribution in [-0.2, 0) is 16.4 Å². The molecule has 0 aliphatic heterocycles. The molecule has 1 rings (SSSR count). The van der Waals surface area contributed by atoms with Crippen molar-refractivity contribution in [3.05, 3.63) is 17.0 Å². The fourth-order valence-electron chi connectivity index (χ4n) is 1.32. The Balaban J connectivity index is 2.76.